The summed E-state index contributed by atoms with van der Waals surface area (Å²) >= 11 is 0. The molecule has 2 aromatic rings. The van der Waals surface area contributed by atoms with Crippen molar-refractivity contribution in [2.75, 3.05) is 18.4 Å². The van der Waals surface area contributed by atoms with Crippen LogP contribution in [-0.4, -0.2) is 43.7 Å². The van der Waals surface area contributed by atoms with Gasteiger partial charge in [0, 0.05) is 24.8 Å². The predicted molar refractivity (Wildman–Crippen MR) is 120 cm³/mol. The molecule has 1 aliphatic rings. The normalized spacial score (nSPS) is 17.0. The predicted octanol–water partition coefficient (Wildman–Crippen LogP) is 3.13. The van der Waals surface area contributed by atoms with Crippen LogP contribution in [-0.2, 0) is 19.6 Å². The molecule has 1 saturated heterocycles. The lowest BCUT2D eigenvalue weighted by Crippen LogP contribution is -2.46. The zero-order chi connectivity index (χ0) is 23.3. The number of benzene rings is 2. The van der Waals surface area contributed by atoms with Crippen molar-refractivity contribution in [3.63, 3.8) is 0 Å². The van der Waals surface area contributed by atoms with Crippen LogP contribution in [0.4, 0.5) is 10.1 Å². The van der Waals surface area contributed by atoms with Crippen molar-refractivity contribution < 1.29 is 22.4 Å². The second kappa shape index (κ2) is 10.2. The fraction of sp³-hybridized carbons (Fsp3) is 0.391. The maximum atomic E-state index is 13.4. The van der Waals surface area contributed by atoms with Gasteiger partial charge in [0.2, 0.25) is 10.0 Å². The quantitative estimate of drug-likeness (QED) is 0.646. The average Bonchev–Trinajstić information content (AvgIpc) is 2.77. The molecule has 0 aliphatic carbocycles. The van der Waals surface area contributed by atoms with Crippen molar-refractivity contribution in [2.24, 2.45) is 0 Å². The van der Waals surface area contributed by atoms with Gasteiger partial charge in [-0.3, -0.25) is 9.59 Å². The second-order valence-electron chi connectivity index (χ2n) is 8.04. The number of nitrogens with zero attached hydrogens (tertiary/aromatic N) is 1. The summed E-state index contributed by atoms with van der Waals surface area (Å²) in [5.74, 6) is -2.13. The van der Waals surface area contributed by atoms with E-state index < -0.39 is 27.7 Å². The van der Waals surface area contributed by atoms with Gasteiger partial charge in [-0.15, -0.1) is 0 Å². The van der Waals surface area contributed by atoms with E-state index in [0.29, 0.717) is 35.5 Å². The molecule has 1 unspecified atom stereocenters. The number of carbonyl (C=O) groups excluding carboxylic acids is 2. The highest BCUT2D eigenvalue weighted by Crippen LogP contribution is 2.29. The Bertz CT molecular complexity index is 1090. The number of nitrogens with one attached hydrogen (secondary N) is 2. The zero-order valence-electron chi connectivity index (χ0n) is 18.2. The van der Waals surface area contributed by atoms with Crippen LogP contribution < -0.4 is 10.6 Å². The van der Waals surface area contributed by atoms with Crippen LogP contribution in [0.2, 0.25) is 0 Å². The lowest BCUT2D eigenvalue weighted by atomic mass is 10.0. The summed E-state index contributed by atoms with van der Waals surface area (Å²) < 4.78 is 41.2. The number of carbonyl (C=O) groups is 2. The summed E-state index contributed by atoms with van der Waals surface area (Å²) in [5.41, 5.74) is 1.89. The number of sulfonamides is 1. The number of hydrogen-bond acceptors (Lipinski definition) is 4. The maximum Gasteiger partial charge on any atom is 0.313 e. The summed E-state index contributed by atoms with van der Waals surface area (Å²) in [6, 6.07) is 10.2. The molecular weight excluding hydrogens is 433 g/mol. The van der Waals surface area contributed by atoms with Gasteiger partial charge in [0.05, 0.1) is 4.90 Å². The van der Waals surface area contributed by atoms with Gasteiger partial charge in [0.25, 0.3) is 0 Å². The second-order valence-corrected chi connectivity index (χ2v) is 9.90. The lowest BCUT2D eigenvalue weighted by Gasteiger charge is -2.35. The number of piperidine rings is 1. The number of aryl methyl sites for hydroxylation is 2. The van der Waals surface area contributed by atoms with Gasteiger partial charge in [-0.1, -0.05) is 18.6 Å². The van der Waals surface area contributed by atoms with E-state index in [1.807, 2.05) is 13.0 Å². The SMILES string of the molecule is Cc1ccc(C)c(S(=O)(=O)N2CCCCC2CCNC(=O)C(=O)Nc2ccc(F)cc2)c1. The van der Waals surface area contributed by atoms with Crippen molar-refractivity contribution in [2.45, 2.75) is 50.5 Å². The van der Waals surface area contributed by atoms with Crippen molar-refractivity contribution in [3.8, 4) is 0 Å². The molecule has 3 rings (SSSR count). The van der Waals surface area contributed by atoms with Crippen LogP contribution in [0.1, 0.15) is 36.8 Å². The Morgan fingerprint density at radius 1 is 1.06 bits per heavy atom. The van der Waals surface area contributed by atoms with Crippen molar-refractivity contribution in [3.05, 3.63) is 59.4 Å². The molecule has 1 fully saturated rings. The first-order chi connectivity index (χ1) is 15.2. The molecule has 32 heavy (non-hydrogen) atoms. The first kappa shape index (κ1) is 23.9. The number of anilines is 1. The monoisotopic (exact) mass is 461 g/mol. The first-order valence-corrected chi connectivity index (χ1v) is 12.1. The fourth-order valence-corrected chi connectivity index (χ4v) is 5.88. The van der Waals surface area contributed by atoms with E-state index in [-0.39, 0.29) is 12.6 Å². The Hall–Kier alpha value is -2.78. The molecule has 0 aromatic heterocycles. The molecule has 0 bridgehead atoms. The van der Waals surface area contributed by atoms with Crippen LogP contribution in [0.3, 0.4) is 0 Å². The summed E-state index contributed by atoms with van der Waals surface area (Å²) in [4.78, 5) is 24.5. The molecule has 1 aliphatic heterocycles. The summed E-state index contributed by atoms with van der Waals surface area (Å²) in [5, 5.41) is 4.95. The Kier molecular flexibility index (Phi) is 7.63. The number of amides is 2. The summed E-state index contributed by atoms with van der Waals surface area (Å²) in [6.07, 6.45) is 2.79. The smallest absolute Gasteiger partial charge is 0.313 e. The fourth-order valence-electron chi connectivity index (χ4n) is 3.84. The van der Waals surface area contributed by atoms with Crippen LogP contribution in [0.15, 0.2) is 47.4 Å². The maximum absolute atomic E-state index is 13.4. The van der Waals surface area contributed by atoms with E-state index in [4.69, 9.17) is 0 Å². The van der Waals surface area contributed by atoms with Gasteiger partial charge < -0.3 is 10.6 Å². The molecule has 2 N–H and O–H groups in total. The topological polar surface area (TPSA) is 95.6 Å². The molecule has 2 amide bonds. The highest BCUT2D eigenvalue weighted by atomic mass is 32.2. The minimum Gasteiger partial charge on any atom is -0.348 e. The van der Waals surface area contributed by atoms with Crippen LogP contribution >= 0.6 is 0 Å². The lowest BCUT2D eigenvalue weighted by molar-refractivity contribution is -0.136. The molecule has 172 valence electrons. The van der Waals surface area contributed by atoms with Gasteiger partial charge in [-0.25, -0.2) is 12.8 Å². The zero-order valence-corrected chi connectivity index (χ0v) is 19.0. The van der Waals surface area contributed by atoms with E-state index in [2.05, 4.69) is 10.6 Å². The first-order valence-electron chi connectivity index (χ1n) is 10.6. The molecule has 0 saturated carbocycles. The van der Waals surface area contributed by atoms with E-state index in [1.54, 1.807) is 19.1 Å². The molecule has 2 aromatic carbocycles. The third-order valence-electron chi connectivity index (χ3n) is 5.57. The van der Waals surface area contributed by atoms with Crippen molar-refractivity contribution in [1.29, 1.82) is 0 Å². The highest BCUT2D eigenvalue weighted by molar-refractivity contribution is 7.89. The molecule has 1 atom stereocenters. The van der Waals surface area contributed by atoms with Crippen LogP contribution in [0.25, 0.3) is 0 Å². The molecule has 0 radical (unpaired) electrons. The Balaban J connectivity index is 1.60. The third-order valence-corrected chi connectivity index (χ3v) is 7.67. The van der Waals surface area contributed by atoms with Gasteiger partial charge in [0.15, 0.2) is 0 Å². The van der Waals surface area contributed by atoms with Gasteiger partial charge >= 0.3 is 11.8 Å². The summed E-state index contributed by atoms with van der Waals surface area (Å²) in [7, 11) is -3.66. The molecule has 7 nitrogen and oxygen atoms in total. The van der Waals surface area contributed by atoms with E-state index in [9.17, 15) is 22.4 Å². The van der Waals surface area contributed by atoms with E-state index >= 15 is 0 Å². The number of rotatable bonds is 6. The Morgan fingerprint density at radius 2 is 1.78 bits per heavy atom. The average molecular weight is 462 g/mol. The minimum absolute atomic E-state index is 0.166. The van der Waals surface area contributed by atoms with E-state index in [0.717, 1.165) is 18.4 Å². The molecule has 1 heterocycles. The highest BCUT2D eigenvalue weighted by Gasteiger charge is 2.34. The van der Waals surface area contributed by atoms with Crippen molar-refractivity contribution >= 4 is 27.5 Å². The van der Waals surface area contributed by atoms with Crippen molar-refractivity contribution in [1.82, 2.24) is 9.62 Å². The third kappa shape index (κ3) is 5.72. The largest absolute Gasteiger partial charge is 0.348 e. The number of halogens is 1. The van der Waals surface area contributed by atoms with Gasteiger partial charge in [-0.05, 0) is 74.6 Å². The molecular formula is C23H28FN3O4S. The minimum atomic E-state index is -3.66. The Labute approximate surface area is 188 Å². The molecule has 0 spiro atoms. The molecule has 9 heteroatoms. The summed E-state index contributed by atoms with van der Waals surface area (Å²) in [6.45, 7) is 4.24. The van der Waals surface area contributed by atoms with E-state index in [1.165, 1.54) is 28.6 Å². The number of hydrogen-bond donors (Lipinski definition) is 2. The standard InChI is InChI=1S/C23H28FN3O4S/c1-16-6-7-17(2)21(15-16)32(30,31)27-14-4-3-5-20(27)12-13-25-22(28)23(29)26-19-10-8-18(24)9-11-19/h6-11,15,20H,3-5,12-14H2,1-2H3,(H,25,28)(H,26,29). The Morgan fingerprint density at radius 3 is 2.50 bits per heavy atom. The van der Waals surface area contributed by atoms with Gasteiger partial charge in [-0.2, -0.15) is 4.31 Å². The van der Waals surface area contributed by atoms with Crippen LogP contribution in [0, 0.1) is 19.7 Å². The van der Waals surface area contributed by atoms with Crippen LogP contribution in [0.5, 0.6) is 0 Å². The van der Waals surface area contributed by atoms with Gasteiger partial charge in [0.1, 0.15) is 5.82 Å².